The third kappa shape index (κ3) is 2.62. The van der Waals surface area contributed by atoms with E-state index in [1.807, 2.05) is 25.1 Å². The van der Waals surface area contributed by atoms with Crippen LogP contribution >= 0.6 is 11.6 Å². The number of rotatable bonds is 2. The summed E-state index contributed by atoms with van der Waals surface area (Å²) in [6.07, 6.45) is 9.03. The lowest BCUT2D eigenvalue weighted by Gasteiger charge is -2.09. The summed E-state index contributed by atoms with van der Waals surface area (Å²) in [5.74, 6) is 1.54. The maximum atomic E-state index is 12.5. The van der Waals surface area contributed by atoms with Gasteiger partial charge in [0.2, 0.25) is 5.91 Å². The summed E-state index contributed by atoms with van der Waals surface area (Å²) in [6, 6.07) is 5.65. The minimum absolute atomic E-state index is 0.173. The molecule has 2 nitrogen and oxygen atoms in total. The van der Waals surface area contributed by atoms with Gasteiger partial charge in [-0.3, -0.25) is 4.79 Å². The molecule has 1 fully saturated rings. The molecular weight excluding hydrogens is 270 g/mol. The Labute approximate surface area is 125 Å². The van der Waals surface area contributed by atoms with E-state index in [2.05, 4.69) is 17.5 Å². The van der Waals surface area contributed by atoms with E-state index in [4.69, 9.17) is 11.6 Å². The van der Waals surface area contributed by atoms with Gasteiger partial charge in [0.05, 0.1) is 0 Å². The zero-order chi connectivity index (χ0) is 14.1. The zero-order valence-electron chi connectivity index (χ0n) is 11.7. The van der Waals surface area contributed by atoms with E-state index in [0.717, 1.165) is 36.9 Å². The van der Waals surface area contributed by atoms with Gasteiger partial charge in [-0.05, 0) is 62.1 Å². The molecule has 0 radical (unpaired) electrons. The van der Waals surface area contributed by atoms with Crippen LogP contribution < -0.4 is 5.32 Å². The standard InChI is InChI=1S/C17H20ClNO/c1-11-14(18)9-6-10-15(11)19-17(20)16-12-7-4-2-3-5-8-13(12)16/h2-3,6,9-10,12-13,16H,4-5,7-8H2,1H3,(H,19,20)/t12-,13-/m0/s1. The van der Waals surface area contributed by atoms with Gasteiger partial charge in [0.1, 0.15) is 0 Å². The van der Waals surface area contributed by atoms with E-state index in [0.29, 0.717) is 16.9 Å². The van der Waals surface area contributed by atoms with Gasteiger partial charge in [0, 0.05) is 16.6 Å². The second kappa shape index (κ2) is 5.61. The molecule has 0 saturated heterocycles. The quantitative estimate of drug-likeness (QED) is 0.793. The van der Waals surface area contributed by atoms with Crippen molar-refractivity contribution in [2.75, 3.05) is 5.32 Å². The van der Waals surface area contributed by atoms with Crippen molar-refractivity contribution in [3.63, 3.8) is 0 Å². The van der Waals surface area contributed by atoms with E-state index in [9.17, 15) is 4.79 Å². The van der Waals surface area contributed by atoms with Crippen molar-refractivity contribution in [2.45, 2.75) is 32.6 Å². The van der Waals surface area contributed by atoms with Crippen LogP contribution in [0.5, 0.6) is 0 Å². The number of benzene rings is 1. The molecule has 1 N–H and O–H groups in total. The molecule has 2 aliphatic carbocycles. The average Bonchev–Trinajstić information content (AvgIpc) is 3.06. The molecule has 0 bridgehead atoms. The van der Waals surface area contributed by atoms with E-state index >= 15 is 0 Å². The molecule has 0 spiro atoms. The van der Waals surface area contributed by atoms with Crippen LogP contribution in [0, 0.1) is 24.7 Å². The van der Waals surface area contributed by atoms with Crippen LogP contribution in [-0.2, 0) is 4.79 Å². The first-order valence-electron chi connectivity index (χ1n) is 7.39. The highest BCUT2D eigenvalue weighted by atomic mass is 35.5. The summed E-state index contributed by atoms with van der Waals surface area (Å²) < 4.78 is 0. The number of nitrogens with one attached hydrogen (secondary N) is 1. The maximum Gasteiger partial charge on any atom is 0.228 e. The molecule has 1 aromatic rings. The van der Waals surface area contributed by atoms with Crippen LogP contribution in [0.1, 0.15) is 31.2 Å². The summed E-state index contributed by atoms with van der Waals surface area (Å²) in [4.78, 5) is 12.5. The van der Waals surface area contributed by atoms with Gasteiger partial charge in [-0.15, -0.1) is 0 Å². The number of anilines is 1. The Morgan fingerprint density at radius 3 is 2.50 bits per heavy atom. The first-order valence-corrected chi connectivity index (χ1v) is 7.77. The van der Waals surface area contributed by atoms with Gasteiger partial charge in [-0.25, -0.2) is 0 Å². The SMILES string of the molecule is Cc1c(Cl)cccc1NC(=O)C1[C@H]2CCC=CCC[C@H]12. The Morgan fingerprint density at radius 1 is 1.20 bits per heavy atom. The van der Waals surface area contributed by atoms with Crippen molar-refractivity contribution < 1.29 is 4.79 Å². The second-order valence-corrected chi connectivity index (χ2v) is 6.29. The van der Waals surface area contributed by atoms with Gasteiger partial charge in [0.15, 0.2) is 0 Å². The number of allylic oxidation sites excluding steroid dienone is 2. The number of hydrogen-bond donors (Lipinski definition) is 1. The first-order chi connectivity index (χ1) is 9.68. The van der Waals surface area contributed by atoms with Crippen LogP contribution in [-0.4, -0.2) is 5.91 Å². The normalized spacial score (nSPS) is 28.2. The van der Waals surface area contributed by atoms with Gasteiger partial charge in [-0.2, -0.15) is 0 Å². The summed E-state index contributed by atoms with van der Waals surface area (Å²) in [6.45, 7) is 1.94. The van der Waals surface area contributed by atoms with Gasteiger partial charge in [-0.1, -0.05) is 29.8 Å². The zero-order valence-corrected chi connectivity index (χ0v) is 12.5. The molecule has 1 saturated carbocycles. The molecule has 20 heavy (non-hydrogen) atoms. The van der Waals surface area contributed by atoms with E-state index in [1.165, 1.54) is 0 Å². The smallest absolute Gasteiger partial charge is 0.228 e. The van der Waals surface area contributed by atoms with E-state index in [-0.39, 0.29) is 11.8 Å². The molecule has 2 atom stereocenters. The molecule has 1 aromatic carbocycles. The molecule has 0 aliphatic heterocycles. The molecule has 0 unspecified atom stereocenters. The number of fused-ring (bicyclic) bond motifs is 1. The van der Waals surface area contributed by atoms with Gasteiger partial charge < -0.3 is 5.32 Å². The lowest BCUT2D eigenvalue weighted by molar-refractivity contribution is -0.117. The maximum absolute atomic E-state index is 12.5. The summed E-state index contributed by atoms with van der Waals surface area (Å²) in [5.41, 5.74) is 1.79. The van der Waals surface area contributed by atoms with Crippen molar-refractivity contribution >= 4 is 23.2 Å². The lowest BCUT2D eigenvalue weighted by Crippen LogP contribution is -2.16. The summed E-state index contributed by atoms with van der Waals surface area (Å²) in [7, 11) is 0. The molecule has 3 rings (SSSR count). The van der Waals surface area contributed by atoms with Crippen molar-refractivity contribution in [3.05, 3.63) is 40.9 Å². The Morgan fingerprint density at radius 2 is 1.85 bits per heavy atom. The summed E-state index contributed by atoms with van der Waals surface area (Å²) >= 11 is 6.10. The Bertz CT molecular complexity index is 536. The van der Waals surface area contributed by atoms with Crippen LogP contribution in [0.15, 0.2) is 30.4 Å². The van der Waals surface area contributed by atoms with Crippen LogP contribution in [0.2, 0.25) is 5.02 Å². The largest absolute Gasteiger partial charge is 0.326 e. The number of hydrogen-bond acceptors (Lipinski definition) is 1. The molecule has 1 amide bonds. The number of halogens is 1. The second-order valence-electron chi connectivity index (χ2n) is 5.88. The molecule has 0 heterocycles. The third-order valence-corrected chi connectivity index (χ3v) is 5.07. The molecule has 2 aliphatic rings. The Hall–Kier alpha value is -1.28. The topological polar surface area (TPSA) is 29.1 Å². The lowest BCUT2D eigenvalue weighted by atomic mass is 10.1. The van der Waals surface area contributed by atoms with Crippen molar-refractivity contribution in [2.24, 2.45) is 17.8 Å². The van der Waals surface area contributed by atoms with Crippen LogP contribution in [0.4, 0.5) is 5.69 Å². The van der Waals surface area contributed by atoms with Gasteiger partial charge in [0.25, 0.3) is 0 Å². The minimum Gasteiger partial charge on any atom is -0.326 e. The number of carbonyl (C=O) groups excluding carboxylic acids is 1. The highest BCUT2D eigenvalue weighted by Gasteiger charge is 2.53. The fourth-order valence-corrected chi connectivity index (χ4v) is 3.57. The average molecular weight is 290 g/mol. The van der Waals surface area contributed by atoms with Crippen molar-refractivity contribution in [3.8, 4) is 0 Å². The monoisotopic (exact) mass is 289 g/mol. The fraction of sp³-hybridized carbons (Fsp3) is 0.471. The predicted octanol–water partition coefficient (Wildman–Crippen LogP) is 4.58. The number of amides is 1. The van der Waals surface area contributed by atoms with Crippen molar-refractivity contribution in [1.82, 2.24) is 0 Å². The molecule has 3 heteroatoms. The predicted molar refractivity (Wildman–Crippen MR) is 82.9 cm³/mol. The first kappa shape index (κ1) is 13.7. The molecule has 0 aromatic heterocycles. The van der Waals surface area contributed by atoms with Gasteiger partial charge >= 0.3 is 0 Å². The highest BCUT2D eigenvalue weighted by molar-refractivity contribution is 6.31. The minimum atomic E-state index is 0.173. The fourth-order valence-electron chi connectivity index (χ4n) is 3.39. The van der Waals surface area contributed by atoms with E-state index < -0.39 is 0 Å². The summed E-state index contributed by atoms with van der Waals surface area (Å²) in [5, 5.41) is 3.77. The Balaban J connectivity index is 1.67. The molecular formula is C17H20ClNO. The third-order valence-electron chi connectivity index (χ3n) is 4.66. The van der Waals surface area contributed by atoms with E-state index in [1.54, 1.807) is 0 Å². The van der Waals surface area contributed by atoms with Crippen molar-refractivity contribution in [1.29, 1.82) is 0 Å². The highest BCUT2D eigenvalue weighted by Crippen LogP contribution is 2.53. The number of carbonyl (C=O) groups is 1. The van der Waals surface area contributed by atoms with Crippen LogP contribution in [0.25, 0.3) is 0 Å². The Kier molecular flexibility index (Phi) is 3.84. The molecule has 106 valence electrons. The van der Waals surface area contributed by atoms with Crippen LogP contribution in [0.3, 0.4) is 0 Å².